The number of para-hydroxylation sites is 1. The zero-order valence-electron chi connectivity index (χ0n) is 10.9. The van der Waals surface area contributed by atoms with Crippen LogP contribution in [0.3, 0.4) is 0 Å². The lowest BCUT2D eigenvalue weighted by Crippen LogP contribution is -2.04. The molecule has 0 fully saturated rings. The van der Waals surface area contributed by atoms with Crippen LogP contribution in [0, 0.1) is 6.92 Å². The van der Waals surface area contributed by atoms with Gasteiger partial charge in [0, 0.05) is 13.5 Å². The van der Waals surface area contributed by atoms with Crippen molar-refractivity contribution in [1.82, 2.24) is 9.97 Å². The lowest BCUT2D eigenvalue weighted by atomic mass is 10.3. The van der Waals surface area contributed by atoms with Crippen molar-refractivity contribution in [1.29, 1.82) is 0 Å². The molecule has 0 atom stereocenters. The zero-order valence-corrected chi connectivity index (χ0v) is 10.9. The lowest BCUT2D eigenvalue weighted by Gasteiger charge is -2.12. The largest absolute Gasteiger partial charge is 0.439 e. The van der Waals surface area contributed by atoms with Gasteiger partial charge in [-0.1, -0.05) is 25.1 Å². The molecule has 1 N–H and O–H groups in total. The van der Waals surface area contributed by atoms with Crippen molar-refractivity contribution >= 4 is 5.82 Å². The van der Waals surface area contributed by atoms with E-state index in [1.807, 2.05) is 51.2 Å². The summed E-state index contributed by atoms with van der Waals surface area (Å²) in [5.74, 6) is 2.98. The standard InChI is InChI=1S/C14H17N3O/c1-4-12-16-13(15-3)10(2)14(17-12)18-11-8-6-5-7-9-11/h5-9H,4H2,1-3H3,(H,15,16,17). The van der Waals surface area contributed by atoms with Gasteiger partial charge in [-0.15, -0.1) is 0 Å². The van der Waals surface area contributed by atoms with Crippen LogP contribution in [0.4, 0.5) is 5.82 Å². The van der Waals surface area contributed by atoms with Crippen LogP contribution in [0.15, 0.2) is 30.3 Å². The summed E-state index contributed by atoms with van der Waals surface area (Å²) in [6.45, 7) is 3.97. The van der Waals surface area contributed by atoms with Crippen molar-refractivity contribution < 1.29 is 4.74 Å². The van der Waals surface area contributed by atoms with Gasteiger partial charge in [0.2, 0.25) is 5.88 Å². The molecule has 0 bridgehead atoms. The third-order valence-corrected chi connectivity index (χ3v) is 2.66. The van der Waals surface area contributed by atoms with Gasteiger partial charge in [0.1, 0.15) is 17.4 Å². The topological polar surface area (TPSA) is 47.0 Å². The maximum Gasteiger partial charge on any atom is 0.227 e. The van der Waals surface area contributed by atoms with Gasteiger partial charge in [-0.3, -0.25) is 0 Å². The highest BCUT2D eigenvalue weighted by molar-refractivity contribution is 5.49. The van der Waals surface area contributed by atoms with Crippen molar-refractivity contribution in [3.05, 3.63) is 41.7 Å². The molecule has 1 aromatic heterocycles. The maximum atomic E-state index is 5.80. The van der Waals surface area contributed by atoms with Gasteiger partial charge < -0.3 is 10.1 Å². The number of hydrogen-bond acceptors (Lipinski definition) is 4. The van der Waals surface area contributed by atoms with E-state index in [-0.39, 0.29) is 0 Å². The summed E-state index contributed by atoms with van der Waals surface area (Å²) in [6, 6.07) is 9.64. The molecular formula is C14H17N3O. The van der Waals surface area contributed by atoms with Crippen LogP contribution in [0.1, 0.15) is 18.3 Å². The van der Waals surface area contributed by atoms with E-state index >= 15 is 0 Å². The molecule has 18 heavy (non-hydrogen) atoms. The molecule has 2 rings (SSSR count). The molecule has 0 amide bonds. The Balaban J connectivity index is 2.37. The Bertz CT molecular complexity index is 526. The Hall–Kier alpha value is -2.10. The van der Waals surface area contributed by atoms with E-state index in [1.165, 1.54) is 0 Å². The van der Waals surface area contributed by atoms with Crippen LogP contribution >= 0.6 is 0 Å². The monoisotopic (exact) mass is 243 g/mol. The fourth-order valence-corrected chi connectivity index (χ4v) is 1.64. The lowest BCUT2D eigenvalue weighted by molar-refractivity contribution is 0.455. The van der Waals surface area contributed by atoms with Crippen molar-refractivity contribution in [3.8, 4) is 11.6 Å². The number of ether oxygens (including phenoxy) is 1. The summed E-state index contributed by atoms with van der Waals surface area (Å²) in [5.41, 5.74) is 0.915. The van der Waals surface area contributed by atoms with Crippen LogP contribution < -0.4 is 10.1 Å². The number of aromatic nitrogens is 2. The van der Waals surface area contributed by atoms with Crippen LogP contribution in [-0.4, -0.2) is 17.0 Å². The molecule has 0 saturated carbocycles. The molecule has 0 aliphatic heterocycles. The molecular weight excluding hydrogens is 226 g/mol. The molecule has 94 valence electrons. The van der Waals surface area contributed by atoms with Crippen LogP contribution in [0.2, 0.25) is 0 Å². The van der Waals surface area contributed by atoms with E-state index < -0.39 is 0 Å². The average molecular weight is 243 g/mol. The van der Waals surface area contributed by atoms with Gasteiger partial charge >= 0.3 is 0 Å². The molecule has 2 aromatic rings. The van der Waals surface area contributed by atoms with Gasteiger partial charge in [0.25, 0.3) is 0 Å². The summed E-state index contributed by atoms with van der Waals surface area (Å²) in [4.78, 5) is 8.83. The minimum Gasteiger partial charge on any atom is -0.439 e. The number of nitrogens with one attached hydrogen (secondary N) is 1. The molecule has 0 saturated heterocycles. The molecule has 1 heterocycles. The number of benzene rings is 1. The number of aryl methyl sites for hydroxylation is 1. The van der Waals surface area contributed by atoms with E-state index in [2.05, 4.69) is 15.3 Å². The second-order valence-corrected chi connectivity index (χ2v) is 3.94. The van der Waals surface area contributed by atoms with E-state index in [4.69, 9.17) is 4.74 Å². The molecule has 0 spiro atoms. The van der Waals surface area contributed by atoms with Gasteiger partial charge in [-0.25, -0.2) is 4.98 Å². The number of rotatable bonds is 4. The smallest absolute Gasteiger partial charge is 0.227 e. The third kappa shape index (κ3) is 2.59. The summed E-state index contributed by atoms with van der Waals surface area (Å²) in [5, 5.41) is 3.07. The molecule has 0 radical (unpaired) electrons. The first-order valence-electron chi connectivity index (χ1n) is 6.02. The average Bonchev–Trinajstić information content (AvgIpc) is 2.42. The summed E-state index contributed by atoms with van der Waals surface area (Å²) in [7, 11) is 1.85. The number of anilines is 1. The Kier molecular flexibility index (Phi) is 3.77. The van der Waals surface area contributed by atoms with Crippen molar-refractivity contribution in [3.63, 3.8) is 0 Å². The Morgan fingerprint density at radius 3 is 2.50 bits per heavy atom. The molecule has 4 heteroatoms. The highest BCUT2D eigenvalue weighted by Crippen LogP contribution is 2.26. The number of hydrogen-bond donors (Lipinski definition) is 1. The third-order valence-electron chi connectivity index (χ3n) is 2.66. The van der Waals surface area contributed by atoms with Crippen molar-refractivity contribution in [2.24, 2.45) is 0 Å². The summed E-state index contributed by atoms with van der Waals surface area (Å²) in [6.07, 6.45) is 0.778. The molecule has 0 aliphatic carbocycles. The van der Waals surface area contributed by atoms with Crippen molar-refractivity contribution in [2.45, 2.75) is 20.3 Å². The Morgan fingerprint density at radius 1 is 1.17 bits per heavy atom. The Labute approximate surface area is 107 Å². The molecule has 0 aliphatic rings. The van der Waals surface area contributed by atoms with Gasteiger partial charge in [0.05, 0.1) is 5.56 Å². The second-order valence-electron chi connectivity index (χ2n) is 3.94. The fraction of sp³-hybridized carbons (Fsp3) is 0.286. The SMILES string of the molecule is CCc1nc(NC)c(C)c(Oc2ccccc2)n1. The highest BCUT2D eigenvalue weighted by Gasteiger charge is 2.11. The van der Waals surface area contributed by atoms with Gasteiger partial charge in [0.15, 0.2) is 0 Å². The minimum atomic E-state index is 0.609. The highest BCUT2D eigenvalue weighted by atomic mass is 16.5. The predicted octanol–water partition coefficient (Wildman–Crippen LogP) is 3.18. The molecule has 1 aromatic carbocycles. The van der Waals surface area contributed by atoms with Crippen LogP contribution in [0.5, 0.6) is 11.6 Å². The molecule has 4 nitrogen and oxygen atoms in total. The normalized spacial score (nSPS) is 10.2. The maximum absolute atomic E-state index is 5.80. The predicted molar refractivity (Wildman–Crippen MR) is 72.2 cm³/mol. The second kappa shape index (κ2) is 5.49. The van der Waals surface area contributed by atoms with Crippen LogP contribution in [-0.2, 0) is 6.42 Å². The van der Waals surface area contributed by atoms with Crippen molar-refractivity contribution in [2.75, 3.05) is 12.4 Å². The minimum absolute atomic E-state index is 0.609. The first-order chi connectivity index (χ1) is 8.74. The van der Waals surface area contributed by atoms with E-state index in [9.17, 15) is 0 Å². The fourth-order valence-electron chi connectivity index (χ4n) is 1.64. The quantitative estimate of drug-likeness (QED) is 0.895. The Morgan fingerprint density at radius 2 is 1.89 bits per heavy atom. The van der Waals surface area contributed by atoms with E-state index in [1.54, 1.807) is 0 Å². The summed E-state index contributed by atoms with van der Waals surface area (Å²) < 4.78 is 5.80. The van der Waals surface area contributed by atoms with Gasteiger partial charge in [-0.05, 0) is 19.1 Å². The first-order valence-corrected chi connectivity index (χ1v) is 6.02. The molecule has 0 unspecified atom stereocenters. The van der Waals surface area contributed by atoms with Crippen LogP contribution in [0.25, 0.3) is 0 Å². The number of nitrogens with zero attached hydrogens (tertiary/aromatic N) is 2. The van der Waals surface area contributed by atoms with Gasteiger partial charge in [-0.2, -0.15) is 4.98 Å². The van der Waals surface area contributed by atoms with E-state index in [0.29, 0.717) is 5.88 Å². The summed E-state index contributed by atoms with van der Waals surface area (Å²) >= 11 is 0. The first kappa shape index (κ1) is 12.4. The zero-order chi connectivity index (χ0) is 13.0. The van der Waals surface area contributed by atoms with E-state index in [0.717, 1.165) is 29.4 Å².